The van der Waals surface area contributed by atoms with Gasteiger partial charge in [-0.1, -0.05) is 18.2 Å². The highest BCUT2D eigenvalue weighted by Gasteiger charge is 2.12. The molecule has 4 heteroatoms. The largest absolute Gasteiger partial charge is 0.320 e. The molecule has 0 fully saturated rings. The minimum absolute atomic E-state index is 0. The zero-order valence-electron chi connectivity index (χ0n) is 8.46. The number of hydrogen-bond acceptors (Lipinski definition) is 3. The van der Waals surface area contributed by atoms with Gasteiger partial charge in [-0.15, -0.1) is 12.4 Å². The van der Waals surface area contributed by atoms with Gasteiger partial charge in [0, 0.05) is 0 Å². The molecule has 0 amide bonds. The molecule has 0 unspecified atom stereocenters. The molecule has 2 nitrogen and oxygen atoms in total. The third kappa shape index (κ3) is 2.42. The second kappa shape index (κ2) is 5.66. The molecule has 1 aromatic heterocycles. The topological polar surface area (TPSA) is 49.8 Å². The fourth-order valence-electron chi connectivity index (χ4n) is 1.50. The van der Waals surface area contributed by atoms with E-state index in [0.717, 1.165) is 11.1 Å². The number of rotatable bonds is 2. The van der Waals surface area contributed by atoms with Gasteiger partial charge < -0.3 is 5.73 Å². The smallest absolute Gasteiger partial charge is 0.0995 e. The van der Waals surface area contributed by atoms with E-state index < -0.39 is 0 Å². The van der Waals surface area contributed by atoms with Crippen LogP contribution in [0.4, 0.5) is 0 Å². The lowest BCUT2D eigenvalue weighted by molar-refractivity contribution is 0.873. The first-order valence-electron chi connectivity index (χ1n) is 4.59. The average molecular weight is 251 g/mol. The summed E-state index contributed by atoms with van der Waals surface area (Å²) in [4.78, 5) is 0. The molecular weight excluding hydrogens is 240 g/mol. The molecule has 0 saturated heterocycles. The number of nitrogens with zero attached hydrogens (tertiary/aromatic N) is 1. The Morgan fingerprint density at radius 2 is 2.00 bits per heavy atom. The molecule has 0 spiro atoms. The first-order chi connectivity index (χ1) is 7.33. The summed E-state index contributed by atoms with van der Waals surface area (Å²) < 4.78 is 0. The van der Waals surface area contributed by atoms with E-state index in [0.29, 0.717) is 5.56 Å². The lowest BCUT2D eigenvalue weighted by Crippen LogP contribution is -2.12. The first kappa shape index (κ1) is 12.7. The predicted molar refractivity (Wildman–Crippen MR) is 68.8 cm³/mol. The van der Waals surface area contributed by atoms with Crippen molar-refractivity contribution in [2.45, 2.75) is 6.04 Å². The highest BCUT2D eigenvalue weighted by Crippen LogP contribution is 2.23. The number of benzene rings is 1. The van der Waals surface area contributed by atoms with Crippen molar-refractivity contribution < 1.29 is 0 Å². The minimum Gasteiger partial charge on any atom is -0.320 e. The Hall–Kier alpha value is -1.34. The third-order valence-corrected chi connectivity index (χ3v) is 3.02. The number of nitrogens with two attached hydrogens (primary N) is 1. The van der Waals surface area contributed by atoms with Crippen LogP contribution < -0.4 is 5.73 Å². The summed E-state index contributed by atoms with van der Waals surface area (Å²) >= 11 is 1.61. The van der Waals surface area contributed by atoms with Crippen LogP contribution in [0.3, 0.4) is 0 Å². The number of halogens is 1. The zero-order valence-corrected chi connectivity index (χ0v) is 10.1. The van der Waals surface area contributed by atoms with E-state index >= 15 is 0 Å². The second-order valence-electron chi connectivity index (χ2n) is 3.23. The highest BCUT2D eigenvalue weighted by atomic mass is 35.5. The molecule has 1 heterocycles. The second-order valence-corrected chi connectivity index (χ2v) is 4.01. The van der Waals surface area contributed by atoms with E-state index in [4.69, 9.17) is 11.0 Å². The van der Waals surface area contributed by atoms with E-state index in [1.165, 1.54) is 0 Å². The van der Waals surface area contributed by atoms with Crippen LogP contribution in [-0.2, 0) is 0 Å². The molecule has 1 aromatic carbocycles. The molecule has 0 saturated carbocycles. The van der Waals surface area contributed by atoms with Crippen molar-refractivity contribution in [2.75, 3.05) is 0 Å². The molecule has 0 aliphatic rings. The molecule has 2 N–H and O–H groups in total. The molecular formula is C12H11ClN2S. The van der Waals surface area contributed by atoms with Crippen molar-refractivity contribution in [1.29, 1.82) is 5.26 Å². The normalized spacial score (nSPS) is 11.2. The van der Waals surface area contributed by atoms with Crippen LogP contribution in [0.1, 0.15) is 22.7 Å². The summed E-state index contributed by atoms with van der Waals surface area (Å²) in [6.07, 6.45) is 0. The van der Waals surface area contributed by atoms with Gasteiger partial charge in [0.1, 0.15) is 0 Å². The van der Waals surface area contributed by atoms with Crippen LogP contribution in [0, 0.1) is 11.3 Å². The molecule has 2 aromatic rings. The third-order valence-electron chi connectivity index (χ3n) is 2.32. The molecule has 0 bridgehead atoms. The van der Waals surface area contributed by atoms with Crippen LogP contribution in [-0.4, -0.2) is 0 Å². The van der Waals surface area contributed by atoms with Crippen LogP contribution in [0.5, 0.6) is 0 Å². The fourth-order valence-corrected chi connectivity index (χ4v) is 2.20. The average Bonchev–Trinajstić information content (AvgIpc) is 2.81. The van der Waals surface area contributed by atoms with Crippen molar-refractivity contribution in [3.05, 3.63) is 57.8 Å². The zero-order chi connectivity index (χ0) is 10.7. The lowest BCUT2D eigenvalue weighted by Gasteiger charge is -2.11. The molecule has 1 atom stereocenters. The molecule has 0 aliphatic carbocycles. The van der Waals surface area contributed by atoms with Gasteiger partial charge in [-0.25, -0.2) is 0 Å². The summed E-state index contributed by atoms with van der Waals surface area (Å²) in [6.45, 7) is 0. The van der Waals surface area contributed by atoms with Crippen LogP contribution >= 0.6 is 23.7 Å². The van der Waals surface area contributed by atoms with Gasteiger partial charge in [0.05, 0.1) is 17.7 Å². The number of hydrogen-bond donors (Lipinski definition) is 1. The van der Waals surface area contributed by atoms with Gasteiger partial charge in [-0.05, 0) is 34.0 Å². The Bertz CT molecular complexity index is 488. The van der Waals surface area contributed by atoms with Gasteiger partial charge in [0.25, 0.3) is 0 Å². The maximum Gasteiger partial charge on any atom is 0.0995 e. The van der Waals surface area contributed by atoms with E-state index in [1.54, 1.807) is 17.4 Å². The van der Waals surface area contributed by atoms with Gasteiger partial charge in [-0.2, -0.15) is 16.6 Å². The van der Waals surface area contributed by atoms with E-state index in [2.05, 4.69) is 6.07 Å². The Morgan fingerprint density at radius 1 is 1.25 bits per heavy atom. The SMILES string of the molecule is Cl.N#Cc1ccccc1[C@@H](N)c1ccsc1. The van der Waals surface area contributed by atoms with Crippen molar-refractivity contribution in [1.82, 2.24) is 0 Å². The minimum atomic E-state index is -0.202. The summed E-state index contributed by atoms with van der Waals surface area (Å²) in [5, 5.41) is 13.0. The van der Waals surface area contributed by atoms with Gasteiger partial charge >= 0.3 is 0 Å². The molecule has 82 valence electrons. The van der Waals surface area contributed by atoms with E-state index in [1.807, 2.05) is 35.0 Å². The molecule has 2 rings (SSSR count). The van der Waals surface area contributed by atoms with Gasteiger partial charge in [0.2, 0.25) is 0 Å². The molecule has 16 heavy (non-hydrogen) atoms. The maximum atomic E-state index is 8.96. The maximum absolute atomic E-state index is 8.96. The van der Waals surface area contributed by atoms with E-state index in [-0.39, 0.29) is 18.4 Å². The Balaban J connectivity index is 0.00000128. The van der Waals surface area contributed by atoms with Crippen molar-refractivity contribution in [3.8, 4) is 6.07 Å². The summed E-state index contributed by atoms with van der Waals surface area (Å²) in [5.41, 5.74) is 8.69. The lowest BCUT2D eigenvalue weighted by atomic mass is 9.98. The van der Waals surface area contributed by atoms with Crippen molar-refractivity contribution in [2.24, 2.45) is 5.73 Å². The van der Waals surface area contributed by atoms with Crippen LogP contribution in [0.25, 0.3) is 0 Å². The molecule has 0 radical (unpaired) electrons. The standard InChI is InChI=1S/C12H10N2S.ClH/c13-7-9-3-1-2-4-11(9)12(14)10-5-6-15-8-10;/h1-6,8,12H,14H2;1H/t12-;/m0./s1. The number of nitriles is 1. The number of thiophene rings is 1. The Morgan fingerprint density at radius 3 is 2.62 bits per heavy atom. The van der Waals surface area contributed by atoms with Gasteiger partial charge in [-0.3, -0.25) is 0 Å². The summed E-state index contributed by atoms with van der Waals surface area (Å²) in [6, 6.07) is 11.4. The monoisotopic (exact) mass is 250 g/mol. The molecule has 0 aliphatic heterocycles. The Labute approximate surface area is 105 Å². The summed E-state index contributed by atoms with van der Waals surface area (Å²) in [5.74, 6) is 0. The highest BCUT2D eigenvalue weighted by molar-refractivity contribution is 7.08. The van der Waals surface area contributed by atoms with E-state index in [9.17, 15) is 0 Å². The fraction of sp³-hybridized carbons (Fsp3) is 0.0833. The van der Waals surface area contributed by atoms with Gasteiger partial charge in [0.15, 0.2) is 0 Å². The van der Waals surface area contributed by atoms with Crippen molar-refractivity contribution in [3.63, 3.8) is 0 Å². The van der Waals surface area contributed by atoms with Crippen LogP contribution in [0.15, 0.2) is 41.1 Å². The van der Waals surface area contributed by atoms with Crippen molar-refractivity contribution >= 4 is 23.7 Å². The first-order valence-corrected chi connectivity index (χ1v) is 5.54. The van der Waals surface area contributed by atoms with Crippen LogP contribution in [0.2, 0.25) is 0 Å². The summed E-state index contributed by atoms with van der Waals surface area (Å²) in [7, 11) is 0. The Kier molecular flexibility index (Phi) is 4.51. The quantitative estimate of drug-likeness (QED) is 0.891. The predicted octanol–water partition coefficient (Wildman–Crippen LogP) is 3.09.